The maximum Gasteiger partial charge on any atom is 0.306 e. The number of piperidine rings is 1. The van der Waals surface area contributed by atoms with Crippen LogP contribution in [0.15, 0.2) is 28.8 Å². The number of rotatable bonds is 7. The van der Waals surface area contributed by atoms with Gasteiger partial charge in [-0.1, -0.05) is 17.3 Å². The summed E-state index contributed by atoms with van der Waals surface area (Å²) in [6.07, 6.45) is 2.61. The maximum absolute atomic E-state index is 13.9. The van der Waals surface area contributed by atoms with Crippen LogP contribution in [-0.2, 0) is 20.7 Å². The summed E-state index contributed by atoms with van der Waals surface area (Å²) in [7, 11) is 0. The lowest BCUT2D eigenvalue weighted by Crippen LogP contribution is -2.40. The topological polar surface area (TPSA) is 85.5 Å². The SMILES string of the molecule is CCOC(=O)CCC(=O)N1CCCC(Cc2nc(-c3ccccc3F)no2)C1. The molecule has 0 radical (unpaired) electrons. The fourth-order valence-electron chi connectivity index (χ4n) is 3.40. The van der Waals surface area contributed by atoms with Crippen LogP contribution in [0.1, 0.15) is 38.5 Å². The van der Waals surface area contributed by atoms with Crippen molar-refractivity contribution in [3.05, 3.63) is 36.0 Å². The number of nitrogens with zero attached hydrogens (tertiary/aromatic N) is 3. The minimum atomic E-state index is -0.397. The van der Waals surface area contributed by atoms with Crippen molar-refractivity contribution in [3.63, 3.8) is 0 Å². The molecule has 1 aliphatic heterocycles. The molecule has 1 fully saturated rings. The second-order valence-corrected chi connectivity index (χ2v) is 6.85. The molecule has 7 nitrogen and oxygen atoms in total. The quantitative estimate of drug-likeness (QED) is 0.677. The highest BCUT2D eigenvalue weighted by molar-refractivity contribution is 5.81. The largest absolute Gasteiger partial charge is 0.466 e. The summed E-state index contributed by atoms with van der Waals surface area (Å²) in [5.74, 6) is 0.0572. The van der Waals surface area contributed by atoms with Gasteiger partial charge in [0.1, 0.15) is 5.82 Å². The minimum Gasteiger partial charge on any atom is -0.466 e. The molecule has 0 N–H and O–H groups in total. The zero-order chi connectivity index (χ0) is 19.9. The summed E-state index contributed by atoms with van der Waals surface area (Å²) >= 11 is 0. The fourth-order valence-corrected chi connectivity index (χ4v) is 3.40. The Morgan fingerprint density at radius 3 is 2.93 bits per heavy atom. The van der Waals surface area contributed by atoms with E-state index in [0.29, 0.717) is 37.6 Å². The van der Waals surface area contributed by atoms with Crippen molar-refractivity contribution >= 4 is 11.9 Å². The van der Waals surface area contributed by atoms with Crippen LogP contribution in [-0.4, -0.2) is 46.6 Å². The Hall–Kier alpha value is -2.77. The number of esters is 1. The number of aromatic nitrogens is 2. The molecule has 1 saturated heterocycles. The zero-order valence-electron chi connectivity index (χ0n) is 15.9. The molecule has 0 bridgehead atoms. The van der Waals surface area contributed by atoms with Crippen LogP contribution in [0.5, 0.6) is 0 Å². The van der Waals surface area contributed by atoms with Crippen molar-refractivity contribution in [2.75, 3.05) is 19.7 Å². The van der Waals surface area contributed by atoms with Crippen LogP contribution < -0.4 is 0 Å². The number of hydrogen-bond donors (Lipinski definition) is 0. The molecule has 0 saturated carbocycles. The zero-order valence-corrected chi connectivity index (χ0v) is 15.9. The van der Waals surface area contributed by atoms with Gasteiger partial charge in [0.25, 0.3) is 0 Å². The molecule has 150 valence electrons. The van der Waals surface area contributed by atoms with E-state index in [1.807, 2.05) is 0 Å². The standard InChI is InChI=1S/C20H24FN3O4/c1-2-27-19(26)10-9-18(25)24-11-5-6-14(13-24)12-17-22-20(23-28-17)15-7-3-4-8-16(15)21/h3-4,7-8,14H,2,5-6,9-13H2,1H3. The maximum atomic E-state index is 13.9. The Kier molecular flexibility index (Phi) is 6.73. The van der Waals surface area contributed by atoms with Crippen molar-refractivity contribution in [2.24, 2.45) is 5.92 Å². The molecule has 1 aliphatic rings. The van der Waals surface area contributed by atoms with E-state index in [-0.39, 0.29) is 36.5 Å². The molecule has 1 unspecified atom stereocenters. The Balaban J connectivity index is 1.55. The Morgan fingerprint density at radius 2 is 2.14 bits per heavy atom. The van der Waals surface area contributed by atoms with E-state index < -0.39 is 5.82 Å². The van der Waals surface area contributed by atoms with E-state index >= 15 is 0 Å². The molecule has 1 aromatic heterocycles. The molecular weight excluding hydrogens is 365 g/mol. The van der Waals surface area contributed by atoms with Crippen LogP contribution in [0.2, 0.25) is 0 Å². The van der Waals surface area contributed by atoms with Gasteiger partial charge in [-0.15, -0.1) is 0 Å². The average molecular weight is 389 g/mol. The highest BCUT2D eigenvalue weighted by atomic mass is 19.1. The van der Waals surface area contributed by atoms with Crippen LogP contribution in [0.4, 0.5) is 4.39 Å². The number of carbonyl (C=O) groups is 2. The number of likely N-dealkylation sites (tertiary alicyclic amines) is 1. The Bertz CT molecular complexity index is 823. The number of ether oxygens (including phenoxy) is 1. The molecular formula is C20H24FN3O4. The highest BCUT2D eigenvalue weighted by Gasteiger charge is 2.26. The van der Waals surface area contributed by atoms with Gasteiger partial charge in [-0.25, -0.2) is 4.39 Å². The molecule has 28 heavy (non-hydrogen) atoms. The van der Waals surface area contributed by atoms with E-state index in [2.05, 4.69) is 10.1 Å². The molecule has 2 heterocycles. The number of carbonyl (C=O) groups excluding carboxylic acids is 2. The molecule has 0 aliphatic carbocycles. The highest BCUT2D eigenvalue weighted by Crippen LogP contribution is 2.24. The molecule has 0 spiro atoms. The van der Waals surface area contributed by atoms with Gasteiger partial charge >= 0.3 is 5.97 Å². The van der Waals surface area contributed by atoms with E-state index in [1.54, 1.807) is 30.0 Å². The third-order valence-electron chi connectivity index (χ3n) is 4.77. The van der Waals surface area contributed by atoms with Crippen LogP contribution >= 0.6 is 0 Å². The van der Waals surface area contributed by atoms with E-state index in [1.165, 1.54) is 6.07 Å². The van der Waals surface area contributed by atoms with Crippen molar-refractivity contribution in [3.8, 4) is 11.4 Å². The molecule has 8 heteroatoms. The first-order chi connectivity index (χ1) is 13.6. The summed E-state index contributed by atoms with van der Waals surface area (Å²) < 4.78 is 24.0. The second kappa shape index (κ2) is 9.43. The molecule has 3 rings (SSSR count). The van der Waals surface area contributed by atoms with Crippen molar-refractivity contribution < 1.29 is 23.2 Å². The second-order valence-electron chi connectivity index (χ2n) is 6.85. The van der Waals surface area contributed by atoms with Crippen molar-refractivity contribution in [1.29, 1.82) is 0 Å². The van der Waals surface area contributed by atoms with Crippen LogP contribution in [0.3, 0.4) is 0 Å². The number of amides is 1. The summed E-state index contributed by atoms with van der Waals surface area (Å²) in [6, 6.07) is 6.28. The first-order valence-corrected chi connectivity index (χ1v) is 9.57. The molecule has 1 amide bonds. The van der Waals surface area contributed by atoms with E-state index in [9.17, 15) is 14.0 Å². The lowest BCUT2D eigenvalue weighted by atomic mass is 9.94. The van der Waals surface area contributed by atoms with Gasteiger partial charge in [-0.2, -0.15) is 4.98 Å². The smallest absolute Gasteiger partial charge is 0.306 e. The molecule has 1 aromatic carbocycles. The van der Waals surface area contributed by atoms with Crippen LogP contribution in [0, 0.1) is 11.7 Å². The predicted octanol–water partition coefficient (Wildman–Crippen LogP) is 3.00. The van der Waals surface area contributed by atoms with Gasteiger partial charge in [0.2, 0.25) is 17.6 Å². The first-order valence-electron chi connectivity index (χ1n) is 9.57. The summed E-state index contributed by atoms with van der Waals surface area (Å²) in [6.45, 7) is 3.32. The first kappa shape index (κ1) is 20.0. The van der Waals surface area contributed by atoms with E-state index in [0.717, 1.165) is 12.8 Å². The monoisotopic (exact) mass is 389 g/mol. The third kappa shape index (κ3) is 5.15. The number of benzene rings is 1. The van der Waals surface area contributed by atoms with E-state index in [4.69, 9.17) is 9.26 Å². The lowest BCUT2D eigenvalue weighted by molar-refractivity contribution is -0.146. The van der Waals surface area contributed by atoms with Gasteiger partial charge in [0.15, 0.2) is 0 Å². The van der Waals surface area contributed by atoms with Crippen molar-refractivity contribution in [2.45, 2.75) is 39.0 Å². The molecule has 2 aromatic rings. The summed E-state index contributed by atoms with van der Waals surface area (Å²) in [4.78, 5) is 29.9. The number of hydrogen-bond acceptors (Lipinski definition) is 6. The van der Waals surface area contributed by atoms with Crippen LogP contribution in [0.25, 0.3) is 11.4 Å². The van der Waals surface area contributed by atoms with Gasteiger partial charge in [-0.05, 0) is 37.8 Å². The van der Waals surface area contributed by atoms with Gasteiger partial charge in [0.05, 0.1) is 18.6 Å². The Morgan fingerprint density at radius 1 is 1.32 bits per heavy atom. The third-order valence-corrected chi connectivity index (χ3v) is 4.77. The van der Waals surface area contributed by atoms with Gasteiger partial charge < -0.3 is 14.2 Å². The van der Waals surface area contributed by atoms with Crippen molar-refractivity contribution in [1.82, 2.24) is 15.0 Å². The summed E-state index contributed by atoms with van der Waals surface area (Å²) in [5.41, 5.74) is 0.303. The predicted molar refractivity (Wildman–Crippen MR) is 98.6 cm³/mol. The van der Waals surface area contributed by atoms with Gasteiger partial charge in [-0.3, -0.25) is 9.59 Å². The lowest BCUT2D eigenvalue weighted by Gasteiger charge is -2.32. The molecule has 1 atom stereocenters. The summed E-state index contributed by atoms with van der Waals surface area (Å²) in [5, 5.41) is 3.88. The average Bonchev–Trinajstić information content (AvgIpc) is 3.15. The minimum absolute atomic E-state index is 0.0460. The normalized spacial score (nSPS) is 16.8. The van der Waals surface area contributed by atoms with Gasteiger partial charge in [0, 0.05) is 25.9 Å². The Labute approximate surface area is 162 Å². The fraction of sp³-hybridized carbons (Fsp3) is 0.500. The number of halogens is 1.